The SMILES string of the molecule is CCOC(=O)C1=NN(c2ccccc2)[C@@H](C(=O)Nc2ccn[nH]2)C1. The van der Waals surface area contributed by atoms with Crippen molar-refractivity contribution in [1.82, 2.24) is 10.2 Å². The lowest BCUT2D eigenvalue weighted by Gasteiger charge is -2.22. The number of nitrogens with zero attached hydrogens (tertiary/aromatic N) is 3. The number of carbonyl (C=O) groups excluding carboxylic acids is 2. The first-order valence-corrected chi connectivity index (χ1v) is 7.58. The molecule has 0 bridgehead atoms. The van der Waals surface area contributed by atoms with E-state index in [4.69, 9.17) is 4.74 Å². The van der Waals surface area contributed by atoms with E-state index >= 15 is 0 Å². The molecule has 0 saturated heterocycles. The molecule has 2 aromatic rings. The van der Waals surface area contributed by atoms with Crippen LogP contribution in [0.1, 0.15) is 13.3 Å². The van der Waals surface area contributed by atoms with E-state index in [0.717, 1.165) is 5.69 Å². The highest BCUT2D eigenvalue weighted by atomic mass is 16.5. The summed E-state index contributed by atoms with van der Waals surface area (Å²) < 4.78 is 5.00. The number of hydrogen-bond acceptors (Lipinski definition) is 6. The molecule has 1 aromatic heterocycles. The lowest BCUT2D eigenvalue weighted by atomic mass is 10.1. The largest absolute Gasteiger partial charge is 0.461 e. The average molecular weight is 327 g/mol. The van der Waals surface area contributed by atoms with E-state index in [1.54, 1.807) is 19.2 Å². The number of para-hydroxylation sites is 1. The van der Waals surface area contributed by atoms with E-state index in [2.05, 4.69) is 20.6 Å². The minimum absolute atomic E-state index is 0.174. The number of hydrazone groups is 1. The Labute approximate surface area is 138 Å². The molecule has 1 amide bonds. The number of esters is 1. The third-order valence-electron chi connectivity index (χ3n) is 3.50. The Kier molecular flexibility index (Phi) is 4.55. The summed E-state index contributed by atoms with van der Waals surface area (Å²) in [6, 6.07) is 10.2. The van der Waals surface area contributed by atoms with Crippen molar-refractivity contribution < 1.29 is 14.3 Å². The van der Waals surface area contributed by atoms with E-state index in [-0.39, 0.29) is 24.6 Å². The number of amides is 1. The molecule has 0 spiro atoms. The van der Waals surface area contributed by atoms with Crippen LogP contribution in [0.2, 0.25) is 0 Å². The normalized spacial score (nSPS) is 16.6. The fraction of sp³-hybridized carbons (Fsp3) is 0.250. The second kappa shape index (κ2) is 6.95. The second-order valence-corrected chi connectivity index (χ2v) is 5.13. The topological polar surface area (TPSA) is 99.7 Å². The van der Waals surface area contributed by atoms with Crippen LogP contribution in [0.4, 0.5) is 11.5 Å². The van der Waals surface area contributed by atoms with E-state index in [0.29, 0.717) is 5.82 Å². The third kappa shape index (κ3) is 3.27. The Balaban J connectivity index is 1.84. The highest BCUT2D eigenvalue weighted by Gasteiger charge is 2.36. The number of aromatic amines is 1. The number of ether oxygens (including phenoxy) is 1. The fourth-order valence-electron chi connectivity index (χ4n) is 2.41. The number of hydrogen-bond donors (Lipinski definition) is 2. The molecule has 8 heteroatoms. The fourth-order valence-corrected chi connectivity index (χ4v) is 2.41. The Bertz CT molecular complexity index is 742. The summed E-state index contributed by atoms with van der Waals surface area (Å²) >= 11 is 0. The van der Waals surface area contributed by atoms with Gasteiger partial charge in [0.15, 0.2) is 0 Å². The number of nitrogens with one attached hydrogen (secondary N) is 2. The zero-order chi connectivity index (χ0) is 16.9. The molecule has 0 saturated carbocycles. The van der Waals surface area contributed by atoms with Crippen LogP contribution in [0.15, 0.2) is 47.7 Å². The van der Waals surface area contributed by atoms with Crippen molar-refractivity contribution in [1.29, 1.82) is 0 Å². The molecule has 8 nitrogen and oxygen atoms in total. The molecular formula is C16H17N5O3. The molecule has 0 radical (unpaired) electrons. The zero-order valence-corrected chi connectivity index (χ0v) is 13.1. The van der Waals surface area contributed by atoms with Gasteiger partial charge in [-0.2, -0.15) is 10.2 Å². The highest BCUT2D eigenvalue weighted by molar-refractivity contribution is 6.38. The lowest BCUT2D eigenvalue weighted by molar-refractivity contribution is -0.135. The summed E-state index contributed by atoms with van der Waals surface area (Å²) in [6.07, 6.45) is 1.72. The average Bonchev–Trinajstić information content (AvgIpc) is 3.25. The molecule has 1 aliphatic rings. The molecule has 3 rings (SSSR count). The number of benzene rings is 1. The maximum Gasteiger partial charge on any atom is 0.354 e. The van der Waals surface area contributed by atoms with Gasteiger partial charge in [-0.05, 0) is 19.1 Å². The minimum Gasteiger partial charge on any atom is -0.461 e. The van der Waals surface area contributed by atoms with Crippen molar-refractivity contribution in [2.24, 2.45) is 5.10 Å². The molecule has 2 N–H and O–H groups in total. The van der Waals surface area contributed by atoms with Crippen LogP contribution in [0.25, 0.3) is 0 Å². The number of rotatable bonds is 5. The summed E-state index contributed by atoms with van der Waals surface area (Å²) in [5.74, 6) is -0.306. The first-order valence-electron chi connectivity index (χ1n) is 7.58. The first-order chi connectivity index (χ1) is 11.7. The van der Waals surface area contributed by atoms with Gasteiger partial charge in [0.25, 0.3) is 5.91 Å². The van der Waals surface area contributed by atoms with E-state index in [9.17, 15) is 9.59 Å². The van der Waals surface area contributed by atoms with Crippen LogP contribution in [-0.4, -0.2) is 40.4 Å². The van der Waals surface area contributed by atoms with Gasteiger partial charge in [0.05, 0.1) is 18.5 Å². The van der Waals surface area contributed by atoms with Crippen LogP contribution < -0.4 is 10.3 Å². The molecule has 0 aliphatic carbocycles. The van der Waals surface area contributed by atoms with Crippen LogP contribution >= 0.6 is 0 Å². The van der Waals surface area contributed by atoms with Crippen molar-refractivity contribution in [2.45, 2.75) is 19.4 Å². The summed E-state index contributed by atoms with van der Waals surface area (Å²) in [7, 11) is 0. The van der Waals surface area contributed by atoms with Gasteiger partial charge in [-0.3, -0.25) is 14.9 Å². The van der Waals surface area contributed by atoms with Gasteiger partial charge in [0.1, 0.15) is 17.6 Å². The van der Waals surface area contributed by atoms with Crippen molar-refractivity contribution >= 4 is 29.1 Å². The molecule has 124 valence electrons. The maximum absolute atomic E-state index is 12.6. The van der Waals surface area contributed by atoms with E-state index in [1.165, 1.54) is 5.01 Å². The second-order valence-electron chi connectivity index (χ2n) is 5.13. The first kappa shape index (κ1) is 15.7. The van der Waals surface area contributed by atoms with E-state index < -0.39 is 12.0 Å². The van der Waals surface area contributed by atoms with Crippen LogP contribution in [0.3, 0.4) is 0 Å². The Morgan fingerprint density at radius 1 is 1.33 bits per heavy atom. The quantitative estimate of drug-likeness (QED) is 0.812. The van der Waals surface area contributed by atoms with Gasteiger partial charge in [0.2, 0.25) is 0 Å². The molecule has 1 aromatic carbocycles. The molecule has 1 atom stereocenters. The number of carbonyl (C=O) groups is 2. The van der Waals surface area contributed by atoms with Gasteiger partial charge >= 0.3 is 5.97 Å². The van der Waals surface area contributed by atoms with Crippen molar-refractivity contribution in [3.05, 3.63) is 42.6 Å². The number of aromatic nitrogens is 2. The van der Waals surface area contributed by atoms with E-state index in [1.807, 2.05) is 30.3 Å². The Morgan fingerprint density at radius 3 is 2.79 bits per heavy atom. The molecule has 2 heterocycles. The lowest BCUT2D eigenvalue weighted by Crippen LogP contribution is -2.38. The van der Waals surface area contributed by atoms with Crippen molar-refractivity contribution in [3.8, 4) is 0 Å². The Hall–Kier alpha value is -3.16. The standard InChI is InChI=1S/C16H17N5O3/c1-2-24-16(23)12-10-13(15(22)18-14-8-9-17-19-14)21(20-12)11-6-4-3-5-7-11/h3-9,13H,2,10H2,1H3,(H2,17,18,19,22)/t13-/m1/s1. The maximum atomic E-state index is 12.6. The number of anilines is 2. The molecule has 1 aliphatic heterocycles. The van der Waals surface area contributed by atoms with Crippen molar-refractivity contribution in [2.75, 3.05) is 16.9 Å². The summed E-state index contributed by atoms with van der Waals surface area (Å²) in [5, 5.41) is 15.0. The van der Waals surface area contributed by atoms with Crippen LogP contribution in [0.5, 0.6) is 0 Å². The summed E-state index contributed by atoms with van der Waals surface area (Å²) in [6.45, 7) is 1.99. The van der Waals surface area contributed by atoms with Gasteiger partial charge in [0, 0.05) is 12.5 Å². The predicted octanol–water partition coefficient (Wildman–Crippen LogP) is 1.55. The third-order valence-corrected chi connectivity index (χ3v) is 3.50. The highest BCUT2D eigenvalue weighted by Crippen LogP contribution is 2.25. The summed E-state index contributed by atoms with van der Waals surface area (Å²) in [5.41, 5.74) is 0.951. The molecule has 0 unspecified atom stereocenters. The number of H-pyrrole nitrogens is 1. The zero-order valence-electron chi connectivity index (χ0n) is 13.1. The molecule has 0 fully saturated rings. The molecular weight excluding hydrogens is 310 g/mol. The van der Waals surface area contributed by atoms with Gasteiger partial charge < -0.3 is 10.1 Å². The smallest absolute Gasteiger partial charge is 0.354 e. The van der Waals surface area contributed by atoms with Gasteiger partial charge in [-0.15, -0.1) is 0 Å². The van der Waals surface area contributed by atoms with Crippen LogP contribution in [-0.2, 0) is 14.3 Å². The summed E-state index contributed by atoms with van der Waals surface area (Å²) in [4.78, 5) is 24.6. The molecule has 24 heavy (non-hydrogen) atoms. The predicted molar refractivity (Wildman–Crippen MR) is 88.6 cm³/mol. The van der Waals surface area contributed by atoms with Crippen LogP contribution in [0, 0.1) is 0 Å². The monoisotopic (exact) mass is 327 g/mol. The van der Waals surface area contributed by atoms with Gasteiger partial charge in [-0.1, -0.05) is 18.2 Å². The Morgan fingerprint density at radius 2 is 2.12 bits per heavy atom. The van der Waals surface area contributed by atoms with Gasteiger partial charge in [-0.25, -0.2) is 4.79 Å². The van der Waals surface area contributed by atoms with Crippen molar-refractivity contribution in [3.63, 3.8) is 0 Å². The minimum atomic E-state index is -0.643.